The molecule has 0 aliphatic carbocycles. The summed E-state index contributed by atoms with van der Waals surface area (Å²) in [6.45, 7) is 0. The number of nitrogens with zero attached hydrogens (tertiary/aromatic N) is 1. The first-order valence-corrected chi connectivity index (χ1v) is 7.65. The van der Waals surface area contributed by atoms with Crippen LogP contribution in [0.4, 0.5) is 0 Å². The van der Waals surface area contributed by atoms with E-state index in [2.05, 4.69) is 0 Å². The van der Waals surface area contributed by atoms with Gasteiger partial charge in [0.1, 0.15) is 0 Å². The SMILES string of the molecule is CN(C)C=CC(=O)c1cccc2ccccc12.O=S(=O)(O)O. The molecule has 118 valence electrons. The van der Waals surface area contributed by atoms with Gasteiger partial charge in [0.2, 0.25) is 0 Å². The molecule has 7 heteroatoms. The number of carbonyl (C=O) groups is 1. The van der Waals surface area contributed by atoms with Crippen LogP contribution < -0.4 is 0 Å². The molecule has 0 fully saturated rings. The van der Waals surface area contributed by atoms with Gasteiger partial charge in [-0.2, -0.15) is 8.42 Å². The van der Waals surface area contributed by atoms with E-state index in [0.717, 1.165) is 16.3 Å². The second kappa shape index (κ2) is 7.69. The third-order valence-corrected chi connectivity index (χ3v) is 2.58. The van der Waals surface area contributed by atoms with Crippen LogP contribution in [0.25, 0.3) is 10.8 Å². The zero-order valence-electron chi connectivity index (χ0n) is 12.2. The zero-order chi connectivity index (χ0) is 16.8. The first-order valence-electron chi connectivity index (χ1n) is 6.25. The molecule has 0 spiro atoms. The molecule has 0 unspecified atom stereocenters. The number of benzene rings is 2. The van der Waals surface area contributed by atoms with Crippen molar-refractivity contribution in [3.05, 3.63) is 60.3 Å². The van der Waals surface area contributed by atoms with Gasteiger partial charge in [0, 0.05) is 31.9 Å². The summed E-state index contributed by atoms with van der Waals surface area (Å²) in [5.74, 6) is 0.0375. The minimum atomic E-state index is -4.67. The van der Waals surface area contributed by atoms with Gasteiger partial charge in [0.05, 0.1) is 0 Å². The van der Waals surface area contributed by atoms with E-state index in [0.29, 0.717) is 0 Å². The lowest BCUT2D eigenvalue weighted by atomic mass is 10.0. The maximum absolute atomic E-state index is 12.0. The Kier molecular flexibility index (Phi) is 6.24. The average molecular weight is 323 g/mol. The fourth-order valence-corrected chi connectivity index (χ4v) is 1.75. The third-order valence-electron chi connectivity index (χ3n) is 2.58. The quantitative estimate of drug-likeness (QED) is 0.512. The Morgan fingerprint density at radius 3 is 2.18 bits per heavy atom. The second-order valence-electron chi connectivity index (χ2n) is 4.62. The van der Waals surface area contributed by atoms with Crippen LogP contribution in [0.2, 0.25) is 0 Å². The predicted octanol–water partition coefficient (Wildman–Crippen LogP) is 2.45. The van der Waals surface area contributed by atoms with Gasteiger partial charge >= 0.3 is 10.4 Å². The molecule has 0 aromatic heterocycles. The molecule has 0 bridgehead atoms. The van der Waals surface area contributed by atoms with Crippen LogP contribution >= 0.6 is 0 Å². The van der Waals surface area contributed by atoms with Crippen molar-refractivity contribution in [2.75, 3.05) is 14.1 Å². The van der Waals surface area contributed by atoms with Crippen LogP contribution in [0.1, 0.15) is 10.4 Å². The Bertz CT molecular complexity index is 768. The van der Waals surface area contributed by atoms with Crippen molar-refractivity contribution in [2.45, 2.75) is 0 Å². The summed E-state index contributed by atoms with van der Waals surface area (Å²) in [7, 11) is -0.875. The normalized spacial score (nSPS) is 11.1. The molecule has 0 heterocycles. The van der Waals surface area contributed by atoms with Crippen molar-refractivity contribution in [3.8, 4) is 0 Å². The number of ketones is 1. The van der Waals surface area contributed by atoms with Crippen molar-refractivity contribution < 1.29 is 22.3 Å². The maximum atomic E-state index is 12.0. The van der Waals surface area contributed by atoms with E-state index < -0.39 is 10.4 Å². The zero-order valence-corrected chi connectivity index (χ0v) is 13.0. The molecule has 0 atom stereocenters. The fourth-order valence-electron chi connectivity index (χ4n) is 1.75. The number of allylic oxidation sites excluding steroid dienone is 1. The molecule has 0 aliphatic heterocycles. The Morgan fingerprint density at radius 2 is 1.59 bits per heavy atom. The number of rotatable bonds is 3. The van der Waals surface area contributed by atoms with E-state index in [-0.39, 0.29) is 5.78 Å². The maximum Gasteiger partial charge on any atom is 0.394 e. The molecule has 0 saturated heterocycles. The van der Waals surface area contributed by atoms with Crippen LogP contribution in [0.3, 0.4) is 0 Å². The molecular weight excluding hydrogens is 306 g/mol. The van der Waals surface area contributed by atoms with Crippen LogP contribution in [-0.2, 0) is 10.4 Å². The first-order chi connectivity index (χ1) is 10.2. The molecule has 22 heavy (non-hydrogen) atoms. The van der Waals surface area contributed by atoms with Crippen molar-refractivity contribution in [3.63, 3.8) is 0 Å². The molecule has 6 nitrogen and oxygen atoms in total. The summed E-state index contributed by atoms with van der Waals surface area (Å²) in [4.78, 5) is 13.9. The van der Waals surface area contributed by atoms with Crippen molar-refractivity contribution >= 4 is 27.0 Å². The summed E-state index contributed by atoms with van der Waals surface area (Å²) in [6.07, 6.45) is 3.37. The van der Waals surface area contributed by atoms with Crippen molar-refractivity contribution in [2.24, 2.45) is 0 Å². The van der Waals surface area contributed by atoms with Gasteiger partial charge in [-0.05, 0) is 10.8 Å². The van der Waals surface area contributed by atoms with E-state index in [1.165, 1.54) is 0 Å². The average Bonchev–Trinajstić information content (AvgIpc) is 2.42. The van der Waals surface area contributed by atoms with Crippen LogP contribution in [0, 0.1) is 0 Å². The summed E-state index contributed by atoms with van der Waals surface area (Å²) in [5, 5.41) is 2.10. The van der Waals surface area contributed by atoms with Gasteiger partial charge in [-0.15, -0.1) is 0 Å². The highest BCUT2D eigenvalue weighted by atomic mass is 32.3. The highest BCUT2D eigenvalue weighted by Gasteiger charge is 2.06. The largest absolute Gasteiger partial charge is 0.394 e. The second-order valence-corrected chi connectivity index (χ2v) is 5.51. The van der Waals surface area contributed by atoms with Crippen molar-refractivity contribution in [1.82, 2.24) is 4.90 Å². The van der Waals surface area contributed by atoms with Gasteiger partial charge in [0.25, 0.3) is 0 Å². The predicted molar refractivity (Wildman–Crippen MR) is 85.3 cm³/mol. The van der Waals surface area contributed by atoms with E-state index in [1.807, 2.05) is 61.5 Å². The van der Waals surface area contributed by atoms with E-state index in [1.54, 1.807) is 12.3 Å². The Balaban J connectivity index is 0.000000422. The van der Waals surface area contributed by atoms with E-state index in [4.69, 9.17) is 17.5 Å². The van der Waals surface area contributed by atoms with Gasteiger partial charge < -0.3 is 4.90 Å². The van der Waals surface area contributed by atoms with Gasteiger partial charge in [-0.25, -0.2) is 0 Å². The summed E-state index contributed by atoms with van der Waals surface area (Å²) < 4.78 is 31.6. The van der Waals surface area contributed by atoms with Crippen LogP contribution in [0.5, 0.6) is 0 Å². The molecule has 2 aromatic rings. The minimum Gasteiger partial charge on any atom is -0.383 e. The van der Waals surface area contributed by atoms with Crippen molar-refractivity contribution in [1.29, 1.82) is 0 Å². The molecule has 2 rings (SSSR count). The standard InChI is InChI=1S/C15H15NO.H2O4S/c1-16(2)11-10-15(17)14-9-5-7-12-6-3-4-8-13(12)14;1-5(2,3)4/h3-11H,1-2H3;(H2,1,2,3,4). The van der Waals surface area contributed by atoms with E-state index >= 15 is 0 Å². The first kappa shape index (κ1) is 17.8. The summed E-state index contributed by atoms with van der Waals surface area (Å²) in [5.41, 5.74) is 0.751. The lowest BCUT2D eigenvalue weighted by Gasteiger charge is -2.05. The van der Waals surface area contributed by atoms with Gasteiger partial charge in [-0.1, -0.05) is 42.5 Å². The number of carbonyl (C=O) groups excluding carboxylic acids is 1. The third kappa shape index (κ3) is 6.49. The number of hydrogen-bond donors (Lipinski definition) is 2. The lowest BCUT2D eigenvalue weighted by molar-refractivity contribution is 0.104. The molecule has 2 aromatic carbocycles. The van der Waals surface area contributed by atoms with Gasteiger partial charge in [0.15, 0.2) is 5.78 Å². The molecule has 0 aliphatic rings. The molecule has 0 amide bonds. The highest BCUT2D eigenvalue weighted by Crippen LogP contribution is 2.19. The minimum absolute atomic E-state index is 0.0375. The van der Waals surface area contributed by atoms with Crippen LogP contribution in [0.15, 0.2) is 54.7 Å². The number of hydrogen-bond acceptors (Lipinski definition) is 4. The topological polar surface area (TPSA) is 94.9 Å². The van der Waals surface area contributed by atoms with Gasteiger partial charge in [-0.3, -0.25) is 13.9 Å². The van der Waals surface area contributed by atoms with Crippen LogP contribution in [-0.4, -0.2) is 42.3 Å². The molecule has 2 N–H and O–H groups in total. The Morgan fingerprint density at radius 1 is 1.05 bits per heavy atom. The Hall–Kier alpha value is -2.22. The summed E-state index contributed by atoms with van der Waals surface area (Å²) in [6, 6.07) is 13.7. The van der Waals surface area contributed by atoms with E-state index in [9.17, 15) is 4.79 Å². The molecular formula is C15H17NO5S. The molecule has 0 radical (unpaired) electrons. The molecule has 0 saturated carbocycles. The summed E-state index contributed by atoms with van der Waals surface area (Å²) >= 11 is 0. The Labute approximate surface area is 129 Å². The highest BCUT2D eigenvalue weighted by molar-refractivity contribution is 7.79. The number of fused-ring (bicyclic) bond motifs is 1. The fraction of sp³-hybridized carbons (Fsp3) is 0.133. The lowest BCUT2D eigenvalue weighted by Crippen LogP contribution is -2.03. The monoisotopic (exact) mass is 323 g/mol. The smallest absolute Gasteiger partial charge is 0.383 e.